The van der Waals surface area contributed by atoms with Crippen LogP contribution in [-0.2, 0) is 16.1 Å². The molecular formula is C18H24ClN3O3. The number of carbonyl (C=O) groups is 1. The average Bonchev–Trinajstić information content (AvgIpc) is 3.09. The molecule has 136 valence electrons. The van der Waals surface area contributed by atoms with Crippen molar-refractivity contribution in [3.05, 3.63) is 24.1 Å². The van der Waals surface area contributed by atoms with Crippen molar-refractivity contribution >= 4 is 35.1 Å². The van der Waals surface area contributed by atoms with Crippen molar-refractivity contribution < 1.29 is 13.9 Å². The molecule has 0 saturated carbocycles. The number of nitrogens with zero attached hydrogens (tertiary/aromatic N) is 1. The summed E-state index contributed by atoms with van der Waals surface area (Å²) in [6, 6.07) is 6.78. The van der Waals surface area contributed by atoms with Crippen molar-refractivity contribution in [3.63, 3.8) is 0 Å². The number of benzene rings is 1. The Morgan fingerprint density at radius 2 is 2.12 bits per heavy atom. The zero-order valence-corrected chi connectivity index (χ0v) is 15.1. The number of oxazole rings is 1. The summed E-state index contributed by atoms with van der Waals surface area (Å²) in [4.78, 5) is 16.7. The van der Waals surface area contributed by atoms with Crippen LogP contribution in [0, 0.1) is 5.92 Å². The van der Waals surface area contributed by atoms with Gasteiger partial charge in [-0.25, -0.2) is 4.98 Å². The number of hydrogen-bond acceptors (Lipinski definition) is 5. The van der Waals surface area contributed by atoms with Gasteiger partial charge in [-0.3, -0.25) is 4.79 Å². The van der Waals surface area contributed by atoms with E-state index in [0.717, 1.165) is 24.0 Å². The first-order valence-corrected chi connectivity index (χ1v) is 8.64. The minimum absolute atomic E-state index is 0. The molecule has 2 aromatic rings. The zero-order valence-electron chi connectivity index (χ0n) is 14.3. The van der Waals surface area contributed by atoms with Gasteiger partial charge in [0, 0.05) is 31.3 Å². The van der Waals surface area contributed by atoms with E-state index in [4.69, 9.17) is 9.15 Å². The Hall–Kier alpha value is -1.63. The third kappa shape index (κ3) is 4.14. The van der Waals surface area contributed by atoms with Gasteiger partial charge < -0.3 is 19.8 Å². The van der Waals surface area contributed by atoms with Crippen LogP contribution < -0.4 is 10.6 Å². The van der Waals surface area contributed by atoms with Crippen molar-refractivity contribution in [1.82, 2.24) is 10.3 Å². The molecule has 0 radical (unpaired) electrons. The number of nitrogens with one attached hydrogen (secondary N) is 2. The van der Waals surface area contributed by atoms with E-state index in [9.17, 15) is 4.79 Å². The van der Waals surface area contributed by atoms with E-state index in [0.29, 0.717) is 42.5 Å². The second kappa shape index (κ2) is 7.72. The fourth-order valence-electron chi connectivity index (χ4n) is 4.05. The molecule has 6 nitrogen and oxygen atoms in total. The molecule has 2 aliphatic rings. The number of amides is 1. The van der Waals surface area contributed by atoms with Gasteiger partial charge in [-0.15, -0.1) is 12.4 Å². The predicted octanol–water partition coefficient (Wildman–Crippen LogP) is 3.26. The van der Waals surface area contributed by atoms with Gasteiger partial charge in [-0.2, -0.15) is 0 Å². The van der Waals surface area contributed by atoms with Crippen LogP contribution in [0.4, 0.5) is 5.69 Å². The number of hydrogen-bond donors (Lipinski definition) is 2. The monoisotopic (exact) mass is 365 g/mol. The Kier molecular flexibility index (Phi) is 5.61. The Labute approximate surface area is 153 Å². The minimum atomic E-state index is 0. The Morgan fingerprint density at radius 3 is 2.84 bits per heavy atom. The summed E-state index contributed by atoms with van der Waals surface area (Å²) in [5.41, 5.74) is 2.21. The third-order valence-corrected chi connectivity index (χ3v) is 5.03. The lowest BCUT2D eigenvalue weighted by Crippen LogP contribution is -2.39. The van der Waals surface area contributed by atoms with Crippen LogP contribution in [0.15, 0.2) is 22.6 Å². The molecule has 25 heavy (non-hydrogen) atoms. The van der Waals surface area contributed by atoms with Crippen molar-refractivity contribution in [3.8, 4) is 0 Å². The number of methoxy groups -OCH3 is 1. The van der Waals surface area contributed by atoms with Gasteiger partial charge in [-0.1, -0.05) is 0 Å². The summed E-state index contributed by atoms with van der Waals surface area (Å²) in [6.45, 7) is 0.342. The number of carbonyl (C=O) groups excluding carboxylic acids is 1. The highest BCUT2D eigenvalue weighted by atomic mass is 35.5. The van der Waals surface area contributed by atoms with Gasteiger partial charge in [0.05, 0.1) is 0 Å². The molecule has 2 aliphatic heterocycles. The lowest BCUT2D eigenvalue weighted by atomic mass is 9.89. The van der Waals surface area contributed by atoms with Crippen molar-refractivity contribution in [2.45, 2.75) is 50.8 Å². The first kappa shape index (κ1) is 18.2. The molecule has 2 bridgehead atoms. The smallest absolute Gasteiger partial charge is 0.224 e. The first-order valence-electron chi connectivity index (χ1n) is 8.64. The second-order valence-electron chi connectivity index (χ2n) is 6.95. The van der Waals surface area contributed by atoms with Gasteiger partial charge in [0.15, 0.2) is 5.58 Å². The van der Waals surface area contributed by atoms with Crippen LogP contribution in [-0.4, -0.2) is 30.1 Å². The van der Waals surface area contributed by atoms with Gasteiger partial charge in [0.1, 0.15) is 12.1 Å². The maximum absolute atomic E-state index is 12.4. The molecule has 1 aromatic heterocycles. The van der Waals surface area contributed by atoms with E-state index >= 15 is 0 Å². The van der Waals surface area contributed by atoms with Crippen molar-refractivity contribution in [1.29, 1.82) is 0 Å². The molecule has 2 unspecified atom stereocenters. The van der Waals surface area contributed by atoms with E-state index in [1.54, 1.807) is 7.11 Å². The molecule has 2 atom stereocenters. The van der Waals surface area contributed by atoms with Crippen LogP contribution in [0.2, 0.25) is 0 Å². The normalized spacial score (nSPS) is 24.9. The van der Waals surface area contributed by atoms with Crippen molar-refractivity contribution in [2.75, 3.05) is 12.4 Å². The van der Waals surface area contributed by atoms with E-state index < -0.39 is 0 Å². The molecule has 2 fully saturated rings. The summed E-state index contributed by atoms with van der Waals surface area (Å²) in [7, 11) is 1.60. The van der Waals surface area contributed by atoms with Gasteiger partial charge in [0.2, 0.25) is 11.8 Å². The van der Waals surface area contributed by atoms with Crippen LogP contribution in [0.3, 0.4) is 0 Å². The highest BCUT2D eigenvalue weighted by Gasteiger charge is 2.34. The van der Waals surface area contributed by atoms with E-state index in [1.165, 1.54) is 12.8 Å². The summed E-state index contributed by atoms with van der Waals surface area (Å²) in [5.74, 6) is 1.12. The second-order valence-corrected chi connectivity index (χ2v) is 6.95. The molecule has 2 N–H and O–H groups in total. The molecule has 1 aromatic carbocycles. The number of fused-ring (bicyclic) bond motifs is 3. The average molecular weight is 366 g/mol. The Bertz CT molecular complexity index is 736. The van der Waals surface area contributed by atoms with Crippen LogP contribution >= 0.6 is 12.4 Å². The fraction of sp³-hybridized carbons (Fsp3) is 0.556. The molecule has 7 heteroatoms. The number of halogens is 1. The number of ether oxygens (including phenoxy) is 1. The molecule has 3 heterocycles. The number of aromatic nitrogens is 1. The summed E-state index contributed by atoms with van der Waals surface area (Å²) in [6.07, 6.45) is 5.35. The third-order valence-electron chi connectivity index (χ3n) is 5.03. The van der Waals surface area contributed by atoms with E-state index in [1.807, 2.05) is 18.2 Å². The summed E-state index contributed by atoms with van der Waals surface area (Å²) in [5, 5.41) is 6.62. The van der Waals surface area contributed by atoms with Gasteiger partial charge >= 0.3 is 0 Å². The summed E-state index contributed by atoms with van der Waals surface area (Å²) >= 11 is 0. The molecule has 0 spiro atoms. The number of piperidine rings is 1. The molecule has 1 amide bonds. The lowest BCUT2D eigenvalue weighted by molar-refractivity contribution is -0.117. The standard InChI is InChI=1S/C18H23N3O3.ClH/c1-23-10-18-21-15-9-14(4-5-16(15)24-18)20-17(22)8-11-6-12-2-3-13(7-11)19-12;/h4-5,9,11-13,19H,2-3,6-8,10H2,1H3,(H,20,22);1H. The van der Waals surface area contributed by atoms with Gasteiger partial charge in [-0.05, 0) is 49.8 Å². The van der Waals surface area contributed by atoms with Crippen LogP contribution in [0.1, 0.15) is 38.0 Å². The summed E-state index contributed by atoms with van der Waals surface area (Å²) < 4.78 is 10.6. The molecule has 4 rings (SSSR count). The molecular weight excluding hydrogens is 342 g/mol. The quantitative estimate of drug-likeness (QED) is 0.850. The maximum Gasteiger partial charge on any atom is 0.224 e. The SMILES string of the molecule is COCc1nc2cc(NC(=O)CC3CC4CCC(C3)N4)ccc2o1.Cl. The lowest BCUT2D eigenvalue weighted by Gasteiger charge is -2.28. The van der Waals surface area contributed by atoms with Crippen molar-refractivity contribution in [2.24, 2.45) is 5.92 Å². The number of rotatable bonds is 5. The molecule has 0 aliphatic carbocycles. The Balaban J connectivity index is 0.00000182. The largest absolute Gasteiger partial charge is 0.438 e. The van der Waals surface area contributed by atoms with Crippen LogP contribution in [0.5, 0.6) is 0 Å². The fourth-order valence-corrected chi connectivity index (χ4v) is 4.05. The molecule has 2 saturated heterocycles. The zero-order chi connectivity index (χ0) is 16.5. The van der Waals surface area contributed by atoms with E-state index in [2.05, 4.69) is 15.6 Å². The maximum atomic E-state index is 12.4. The highest BCUT2D eigenvalue weighted by Crippen LogP contribution is 2.33. The van der Waals surface area contributed by atoms with E-state index in [-0.39, 0.29) is 18.3 Å². The van der Waals surface area contributed by atoms with Crippen LogP contribution in [0.25, 0.3) is 11.1 Å². The number of anilines is 1. The topological polar surface area (TPSA) is 76.4 Å². The minimum Gasteiger partial charge on any atom is -0.438 e. The highest BCUT2D eigenvalue weighted by molar-refractivity contribution is 5.92. The Morgan fingerprint density at radius 1 is 1.36 bits per heavy atom. The first-order chi connectivity index (χ1) is 11.7. The van der Waals surface area contributed by atoms with Gasteiger partial charge in [0.25, 0.3) is 0 Å². The predicted molar refractivity (Wildman–Crippen MR) is 97.9 cm³/mol.